The Morgan fingerprint density at radius 2 is 1.81 bits per heavy atom. The van der Waals surface area contributed by atoms with Gasteiger partial charge in [-0.15, -0.1) is 0 Å². The maximum atomic E-state index is 12.3. The Morgan fingerprint density at radius 3 is 2.29 bits per heavy atom. The second-order valence-electron chi connectivity index (χ2n) is 5.90. The Bertz CT molecular complexity index is 727. The van der Waals surface area contributed by atoms with Crippen LogP contribution in [0.5, 0.6) is 0 Å². The average Bonchev–Trinajstić information content (AvgIpc) is 2.96. The molecule has 0 aromatic carbocycles. The van der Waals surface area contributed by atoms with E-state index in [4.69, 9.17) is 9.05 Å². The maximum absolute atomic E-state index is 12.3. The molecule has 0 saturated carbocycles. The highest BCUT2D eigenvalue weighted by Gasteiger charge is 2.31. The second-order valence-corrected chi connectivity index (χ2v) is 8.22. The molecule has 0 N–H and O–H groups in total. The van der Waals surface area contributed by atoms with Gasteiger partial charge in [-0.1, -0.05) is 31.1 Å². The van der Waals surface area contributed by atoms with Crippen LogP contribution < -0.4 is 0 Å². The fraction of sp³-hybridized carbons (Fsp3) is 0.667. The molecule has 0 aliphatic rings. The van der Waals surface area contributed by atoms with E-state index in [0.29, 0.717) is 11.7 Å². The van der Waals surface area contributed by atoms with Gasteiger partial charge >= 0.3 is 0 Å². The Morgan fingerprint density at radius 1 is 1.14 bits per heavy atom. The fourth-order valence-corrected chi connectivity index (χ4v) is 2.68. The van der Waals surface area contributed by atoms with Crippen LogP contribution in [-0.4, -0.2) is 28.7 Å². The van der Waals surface area contributed by atoms with Gasteiger partial charge in [0.2, 0.25) is 11.8 Å². The molecular formula is C12H18N4O4S. The highest BCUT2D eigenvalue weighted by molar-refractivity contribution is 7.90. The van der Waals surface area contributed by atoms with Crippen molar-refractivity contribution in [3.63, 3.8) is 0 Å². The van der Waals surface area contributed by atoms with E-state index in [1.165, 1.54) is 6.92 Å². The lowest BCUT2D eigenvalue weighted by Gasteiger charge is -2.10. The molecule has 0 amide bonds. The quantitative estimate of drug-likeness (QED) is 0.838. The SMILES string of the molecule is Cc1noc([C@H](C)S(=O)(=O)Cc2noc(C(C)(C)C)n2)n1. The molecule has 0 unspecified atom stereocenters. The van der Waals surface area contributed by atoms with E-state index in [1.54, 1.807) is 6.92 Å². The average molecular weight is 314 g/mol. The van der Waals surface area contributed by atoms with Crippen LogP contribution in [0.2, 0.25) is 0 Å². The normalized spacial score (nSPS) is 14.3. The summed E-state index contributed by atoms with van der Waals surface area (Å²) in [5, 5.41) is 6.39. The van der Waals surface area contributed by atoms with Crippen molar-refractivity contribution in [2.24, 2.45) is 0 Å². The van der Waals surface area contributed by atoms with E-state index in [9.17, 15) is 8.42 Å². The highest BCUT2D eigenvalue weighted by Crippen LogP contribution is 2.25. The largest absolute Gasteiger partial charge is 0.339 e. The number of aromatic nitrogens is 4. The van der Waals surface area contributed by atoms with Crippen LogP contribution in [-0.2, 0) is 21.0 Å². The van der Waals surface area contributed by atoms with Crippen LogP contribution in [0.3, 0.4) is 0 Å². The third-order valence-corrected chi connectivity index (χ3v) is 4.81. The van der Waals surface area contributed by atoms with Crippen molar-refractivity contribution < 1.29 is 17.5 Å². The van der Waals surface area contributed by atoms with E-state index in [-0.39, 0.29) is 22.9 Å². The highest BCUT2D eigenvalue weighted by atomic mass is 32.2. The van der Waals surface area contributed by atoms with Gasteiger partial charge in [-0.3, -0.25) is 0 Å². The molecule has 0 aliphatic heterocycles. The van der Waals surface area contributed by atoms with Crippen LogP contribution in [0.25, 0.3) is 0 Å². The Hall–Kier alpha value is -1.77. The van der Waals surface area contributed by atoms with E-state index in [2.05, 4.69) is 20.3 Å². The topological polar surface area (TPSA) is 112 Å². The smallest absolute Gasteiger partial charge is 0.244 e. The molecule has 21 heavy (non-hydrogen) atoms. The number of rotatable bonds is 4. The van der Waals surface area contributed by atoms with E-state index < -0.39 is 15.1 Å². The number of sulfone groups is 1. The number of nitrogens with zero attached hydrogens (tertiary/aromatic N) is 4. The van der Waals surface area contributed by atoms with Gasteiger partial charge < -0.3 is 9.05 Å². The van der Waals surface area contributed by atoms with Gasteiger partial charge in [-0.2, -0.15) is 9.97 Å². The monoisotopic (exact) mass is 314 g/mol. The van der Waals surface area contributed by atoms with Gasteiger partial charge in [-0.05, 0) is 13.8 Å². The van der Waals surface area contributed by atoms with E-state index in [1.807, 2.05) is 20.8 Å². The lowest BCUT2D eigenvalue weighted by Crippen LogP contribution is -2.15. The summed E-state index contributed by atoms with van der Waals surface area (Å²) in [6, 6.07) is 0. The summed E-state index contributed by atoms with van der Waals surface area (Å²) in [7, 11) is -3.57. The molecule has 9 heteroatoms. The van der Waals surface area contributed by atoms with Gasteiger partial charge in [-0.25, -0.2) is 8.42 Å². The molecule has 2 heterocycles. The van der Waals surface area contributed by atoms with Gasteiger partial charge in [0.05, 0.1) is 0 Å². The summed E-state index contributed by atoms with van der Waals surface area (Å²) >= 11 is 0. The van der Waals surface area contributed by atoms with Crippen molar-refractivity contribution in [2.45, 2.75) is 51.0 Å². The summed E-state index contributed by atoms with van der Waals surface area (Å²) in [4.78, 5) is 8.07. The van der Waals surface area contributed by atoms with Gasteiger partial charge in [0.25, 0.3) is 0 Å². The van der Waals surface area contributed by atoms with Crippen molar-refractivity contribution in [3.8, 4) is 0 Å². The first-order valence-electron chi connectivity index (χ1n) is 6.44. The first-order valence-corrected chi connectivity index (χ1v) is 8.16. The first-order chi connectivity index (χ1) is 9.59. The second kappa shape index (κ2) is 5.21. The summed E-state index contributed by atoms with van der Waals surface area (Å²) in [5.74, 6) is 0.639. The minimum atomic E-state index is -3.57. The summed E-state index contributed by atoms with van der Waals surface area (Å²) in [5.41, 5.74) is -0.329. The fourth-order valence-electron chi connectivity index (χ4n) is 1.55. The van der Waals surface area contributed by atoms with Crippen molar-refractivity contribution >= 4 is 9.84 Å². The first kappa shape index (κ1) is 15.6. The molecular weight excluding hydrogens is 296 g/mol. The van der Waals surface area contributed by atoms with Crippen molar-refractivity contribution in [1.29, 1.82) is 0 Å². The molecule has 1 atom stereocenters. The van der Waals surface area contributed by atoms with Crippen LogP contribution in [0.4, 0.5) is 0 Å². The zero-order chi connectivity index (χ0) is 15.8. The van der Waals surface area contributed by atoms with E-state index in [0.717, 1.165) is 0 Å². The van der Waals surface area contributed by atoms with Crippen molar-refractivity contribution in [1.82, 2.24) is 20.3 Å². The zero-order valence-electron chi connectivity index (χ0n) is 12.6. The van der Waals surface area contributed by atoms with Crippen LogP contribution >= 0.6 is 0 Å². The van der Waals surface area contributed by atoms with Crippen LogP contribution in [0.1, 0.15) is 56.4 Å². The molecule has 0 fully saturated rings. The molecule has 2 aromatic rings. The summed E-state index contributed by atoms with van der Waals surface area (Å²) in [6.45, 7) is 8.84. The predicted octanol–water partition coefficient (Wildman–Crippen LogP) is 1.73. The van der Waals surface area contributed by atoms with Crippen molar-refractivity contribution in [2.75, 3.05) is 0 Å². The predicted molar refractivity (Wildman–Crippen MR) is 73.1 cm³/mol. The summed E-state index contributed by atoms with van der Waals surface area (Å²) in [6.07, 6.45) is 0. The number of aryl methyl sites for hydroxylation is 1. The van der Waals surface area contributed by atoms with Crippen molar-refractivity contribution in [3.05, 3.63) is 23.4 Å². The van der Waals surface area contributed by atoms with Gasteiger partial charge in [0.15, 0.2) is 21.5 Å². The Balaban J connectivity index is 2.19. The third-order valence-electron chi connectivity index (χ3n) is 2.87. The van der Waals surface area contributed by atoms with E-state index >= 15 is 0 Å². The van der Waals surface area contributed by atoms with Crippen LogP contribution in [0.15, 0.2) is 9.05 Å². The third kappa shape index (κ3) is 3.46. The molecule has 0 radical (unpaired) electrons. The Kier molecular flexibility index (Phi) is 3.87. The molecule has 116 valence electrons. The minimum absolute atomic E-state index is 0.0621. The van der Waals surface area contributed by atoms with Gasteiger partial charge in [0, 0.05) is 5.41 Å². The molecule has 2 aromatic heterocycles. The molecule has 0 aliphatic carbocycles. The molecule has 0 spiro atoms. The molecule has 8 nitrogen and oxygen atoms in total. The number of hydrogen-bond donors (Lipinski definition) is 0. The van der Waals surface area contributed by atoms with Crippen LogP contribution in [0, 0.1) is 6.92 Å². The molecule has 2 rings (SSSR count). The molecule has 0 bridgehead atoms. The standard InChI is InChI=1S/C12H18N4O4S/c1-7(10-13-8(2)15-19-10)21(17,18)6-9-14-11(20-16-9)12(3,4)5/h7H,6H2,1-5H3/t7-/m0/s1. The zero-order valence-corrected chi connectivity index (χ0v) is 13.4. The van der Waals surface area contributed by atoms with Gasteiger partial charge in [0.1, 0.15) is 11.0 Å². The maximum Gasteiger partial charge on any atom is 0.244 e. The lowest BCUT2D eigenvalue weighted by molar-refractivity contribution is 0.318. The Labute approximate surface area is 122 Å². The minimum Gasteiger partial charge on any atom is -0.339 e. The summed E-state index contributed by atoms with van der Waals surface area (Å²) < 4.78 is 34.6. The lowest BCUT2D eigenvalue weighted by atomic mass is 9.97. The number of hydrogen-bond acceptors (Lipinski definition) is 8. The molecule has 0 saturated heterocycles.